The molecule has 0 aromatic rings. The molecule has 0 saturated heterocycles. The predicted molar refractivity (Wildman–Crippen MR) is 121 cm³/mol. The van der Waals surface area contributed by atoms with Crippen LogP contribution in [0.25, 0.3) is 0 Å². The molecule has 0 N–H and O–H groups in total. The maximum atomic E-state index is 6.80. The highest BCUT2D eigenvalue weighted by atomic mass is 28.4. The van der Waals surface area contributed by atoms with Gasteiger partial charge < -0.3 is 8.85 Å². The second-order valence-electron chi connectivity index (χ2n) is 11.0. The monoisotopic (exact) mass is 396 g/mol. The van der Waals surface area contributed by atoms with Crippen molar-refractivity contribution < 1.29 is 8.85 Å². The molecule has 1 saturated carbocycles. The molecule has 152 valence electrons. The van der Waals surface area contributed by atoms with Crippen molar-refractivity contribution in [3.63, 3.8) is 0 Å². The first kappa shape index (κ1) is 23.9. The second kappa shape index (κ2) is 8.06. The minimum absolute atomic E-state index is 0.0946. The fourth-order valence-corrected chi connectivity index (χ4v) is 5.51. The van der Waals surface area contributed by atoms with Gasteiger partial charge in [0.05, 0.1) is 12.2 Å². The zero-order chi connectivity index (χ0) is 20.6. The Balaban J connectivity index is 3.08. The Morgan fingerprint density at radius 2 is 1.42 bits per heavy atom. The van der Waals surface area contributed by atoms with E-state index >= 15 is 0 Å². The van der Waals surface area contributed by atoms with E-state index in [9.17, 15) is 0 Å². The Morgan fingerprint density at radius 3 is 1.85 bits per heavy atom. The first-order chi connectivity index (χ1) is 11.5. The lowest BCUT2D eigenvalue weighted by Crippen LogP contribution is -2.49. The van der Waals surface area contributed by atoms with Crippen LogP contribution in [0.2, 0.25) is 36.3 Å². The lowest BCUT2D eigenvalue weighted by Gasteiger charge is -2.45. The molecule has 1 rings (SSSR count). The van der Waals surface area contributed by atoms with Gasteiger partial charge >= 0.3 is 0 Å². The number of hydrogen-bond donors (Lipinski definition) is 0. The van der Waals surface area contributed by atoms with E-state index in [2.05, 4.69) is 87.3 Å². The first-order valence-corrected chi connectivity index (χ1v) is 16.1. The third-order valence-electron chi connectivity index (χ3n) is 6.69. The highest BCUT2D eigenvalue weighted by molar-refractivity contribution is 6.74. The molecular formula is C22H44O2Si2. The standard InChI is InChI=1S/C22H44O2Si2/c1-13-14-18-15-19(23-25(9,10)21(3,4)5)16-20(17(18)2)24-26(11,12)22(6,7)8/h14,19-20H,2,13,15-16H2,1,3-12H3/b18-14+/t19-,20+/m1/s1. The molecule has 0 amide bonds. The molecule has 0 radical (unpaired) electrons. The van der Waals surface area contributed by atoms with E-state index in [4.69, 9.17) is 8.85 Å². The SMILES string of the molecule is C=C1/C(=C/CC)C[C@@H](O[Si](C)(C)C(C)(C)C)C[C@@H]1O[Si](C)(C)C(C)(C)C. The summed E-state index contributed by atoms with van der Waals surface area (Å²) in [5.74, 6) is 0. The Bertz CT molecular complexity index is 533. The largest absolute Gasteiger partial charge is 0.413 e. The summed E-state index contributed by atoms with van der Waals surface area (Å²) in [4.78, 5) is 0. The van der Waals surface area contributed by atoms with Crippen LogP contribution in [0.1, 0.15) is 67.7 Å². The van der Waals surface area contributed by atoms with Gasteiger partial charge in [-0.1, -0.05) is 61.1 Å². The van der Waals surface area contributed by atoms with E-state index in [1.54, 1.807) is 0 Å². The maximum Gasteiger partial charge on any atom is 0.192 e. The summed E-state index contributed by atoms with van der Waals surface area (Å²) >= 11 is 0. The average molecular weight is 397 g/mol. The number of allylic oxidation sites excluding steroid dienone is 1. The lowest BCUT2D eigenvalue weighted by molar-refractivity contribution is 0.0968. The van der Waals surface area contributed by atoms with Crippen LogP contribution in [0.3, 0.4) is 0 Å². The summed E-state index contributed by atoms with van der Waals surface area (Å²) < 4.78 is 13.6. The van der Waals surface area contributed by atoms with Crippen molar-refractivity contribution in [1.29, 1.82) is 0 Å². The molecule has 4 heteroatoms. The summed E-state index contributed by atoms with van der Waals surface area (Å²) in [6, 6.07) is 0. The zero-order valence-corrected chi connectivity index (χ0v) is 21.4. The molecule has 2 atom stereocenters. The summed E-state index contributed by atoms with van der Waals surface area (Å²) in [5.41, 5.74) is 2.54. The first-order valence-electron chi connectivity index (χ1n) is 10.3. The molecule has 2 nitrogen and oxygen atoms in total. The highest BCUT2D eigenvalue weighted by Crippen LogP contribution is 2.44. The van der Waals surface area contributed by atoms with Crippen molar-refractivity contribution in [1.82, 2.24) is 0 Å². The van der Waals surface area contributed by atoms with E-state index in [-0.39, 0.29) is 22.3 Å². The van der Waals surface area contributed by atoms with Crippen LogP contribution in [-0.4, -0.2) is 28.8 Å². The molecule has 0 bridgehead atoms. The van der Waals surface area contributed by atoms with Crippen LogP contribution in [-0.2, 0) is 8.85 Å². The average Bonchev–Trinajstić information content (AvgIpc) is 2.40. The molecule has 26 heavy (non-hydrogen) atoms. The quantitative estimate of drug-likeness (QED) is 0.449. The molecule has 0 aromatic carbocycles. The molecule has 0 spiro atoms. The molecule has 0 aromatic heterocycles. The van der Waals surface area contributed by atoms with Gasteiger partial charge in [0.15, 0.2) is 16.6 Å². The maximum absolute atomic E-state index is 6.80. The Kier molecular flexibility index (Phi) is 7.40. The Morgan fingerprint density at radius 1 is 0.962 bits per heavy atom. The van der Waals surface area contributed by atoms with Crippen molar-refractivity contribution in [2.75, 3.05) is 0 Å². The van der Waals surface area contributed by atoms with Crippen molar-refractivity contribution in [3.8, 4) is 0 Å². The van der Waals surface area contributed by atoms with E-state index in [1.807, 2.05) is 0 Å². The zero-order valence-electron chi connectivity index (χ0n) is 19.4. The van der Waals surface area contributed by atoms with Gasteiger partial charge in [-0.3, -0.25) is 0 Å². The summed E-state index contributed by atoms with van der Waals surface area (Å²) in [6.45, 7) is 29.8. The summed E-state index contributed by atoms with van der Waals surface area (Å²) in [6.07, 6.45) is 5.63. The fraction of sp³-hybridized carbons (Fsp3) is 0.818. The predicted octanol–water partition coefficient (Wildman–Crippen LogP) is 7.45. The molecule has 0 unspecified atom stereocenters. The second-order valence-corrected chi connectivity index (χ2v) is 20.5. The van der Waals surface area contributed by atoms with Gasteiger partial charge in [-0.05, 0) is 60.3 Å². The molecule has 1 aliphatic carbocycles. The normalized spacial score (nSPS) is 25.0. The van der Waals surface area contributed by atoms with Crippen LogP contribution in [0.15, 0.2) is 23.8 Å². The van der Waals surface area contributed by atoms with E-state index < -0.39 is 16.6 Å². The molecule has 1 fully saturated rings. The summed E-state index contributed by atoms with van der Waals surface area (Å²) in [5, 5.41) is 0.432. The fourth-order valence-electron chi connectivity index (χ4n) is 2.84. The topological polar surface area (TPSA) is 18.5 Å². The van der Waals surface area contributed by atoms with Crippen molar-refractivity contribution in [2.45, 2.75) is 116 Å². The van der Waals surface area contributed by atoms with Gasteiger partial charge in [0.25, 0.3) is 0 Å². The van der Waals surface area contributed by atoms with Crippen LogP contribution in [0.4, 0.5) is 0 Å². The van der Waals surface area contributed by atoms with Gasteiger partial charge in [-0.2, -0.15) is 0 Å². The van der Waals surface area contributed by atoms with Crippen LogP contribution in [0, 0.1) is 0 Å². The Hall–Kier alpha value is -0.166. The molecular weight excluding hydrogens is 352 g/mol. The minimum atomic E-state index is -1.84. The molecule has 0 heterocycles. The third-order valence-corrected chi connectivity index (χ3v) is 15.7. The van der Waals surface area contributed by atoms with Gasteiger partial charge in [0.1, 0.15) is 0 Å². The van der Waals surface area contributed by atoms with Crippen molar-refractivity contribution in [3.05, 3.63) is 23.8 Å². The van der Waals surface area contributed by atoms with Crippen molar-refractivity contribution in [2.24, 2.45) is 0 Å². The highest BCUT2D eigenvalue weighted by Gasteiger charge is 2.44. The van der Waals surface area contributed by atoms with Crippen LogP contribution >= 0.6 is 0 Å². The van der Waals surface area contributed by atoms with Gasteiger partial charge in [0, 0.05) is 6.42 Å². The molecule has 1 aliphatic rings. The van der Waals surface area contributed by atoms with E-state index in [0.29, 0.717) is 0 Å². The minimum Gasteiger partial charge on any atom is -0.413 e. The molecule has 0 aliphatic heterocycles. The van der Waals surface area contributed by atoms with E-state index in [0.717, 1.165) is 19.3 Å². The van der Waals surface area contributed by atoms with Gasteiger partial charge in [0.2, 0.25) is 0 Å². The Labute approximate surface area is 165 Å². The summed E-state index contributed by atoms with van der Waals surface area (Å²) in [7, 11) is -3.64. The number of hydrogen-bond acceptors (Lipinski definition) is 2. The lowest BCUT2D eigenvalue weighted by atomic mass is 9.86. The smallest absolute Gasteiger partial charge is 0.192 e. The van der Waals surface area contributed by atoms with Crippen molar-refractivity contribution >= 4 is 16.6 Å². The van der Waals surface area contributed by atoms with Crippen LogP contribution in [0.5, 0.6) is 0 Å². The van der Waals surface area contributed by atoms with Gasteiger partial charge in [-0.25, -0.2) is 0 Å². The number of rotatable bonds is 5. The third kappa shape index (κ3) is 5.67. The van der Waals surface area contributed by atoms with Gasteiger partial charge in [-0.15, -0.1) is 0 Å². The van der Waals surface area contributed by atoms with E-state index in [1.165, 1.54) is 11.1 Å². The van der Waals surface area contributed by atoms with Crippen LogP contribution < -0.4 is 0 Å².